The van der Waals surface area contributed by atoms with E-state index in [1.807, 2.05) is 0 Å². The van der Waals surface area contributed by atoms with Crippen molar-refractivity contribution in [3.05, 3.63) is 105 Å². The van der Waals surface area contributed by atoms with Crippen LogP contribution in [-0.2, 0) is 4.79 Å². The highest BCUT2D eigenvalue weighted by atomic mass is 79.9. The molecule has 32 heavy (non-hydrogen) atoms. The first kappa shape index (κ1) is 21.4. The van der Waals surface area contributed by atoms with Crippen LogP contribution in [0.1, 0.15) is 22.0 Å². The zero-order valence-electron chi connectivity index (χ0n) is 16.5. The molecule has 4 rings (SSSR count). The van der Waals surface area contributed by atoms with E-state index in [1.165, 1.54) is 24.3 Å². The Morgan fingerprint density at radius 2 is 1.56 bits per heavy atom. The number of imide groups is 1. The Labute approximate surface area is 191 Å². The number of nitro benzene ring substituents is 1. The SMILES string of the molecule is O=C(c1ccc(Br)cc1)[C@@H]1C(=O)N(c2ccccc2)C(=O)N[C@@H]1c1ccc([N+](=O)[O-])cc1. The Hall–Kier alpha value is -3.85. The first-order valence-electron chi connectivity index (χ1n) is 9.60. The van der Waals surface area contributed by atoms with Gasteiger partial charge in [0.15, 0.2) is 5.78 Å². The molecule has 1 fully saturated rings. The summed E-state index contributed by atoms with van der Waals surface area (Å²) >= 11 is 3.32. The van der Waals surface area contributed by atoms with Crippen molar-refractivity contribution in [2.75, 3.05) is 4.90 Å². The average Bonchev–Trinajstić information content (AvgIpc) is 2.79. The molecule has 1 aliphatic rings. The highest BCUT2D eigenvalue weighted by Crippen LogP contribution is 2.34. The number of rotatable bonds is 5. The third-order valence-electron chi connectivity index (χ3n) is 5.19. The number of nitro groups is 1. The van der Waals surface area contributed by atoms with Gasteiger partial charge in [0.05, 0.1) is 16.7 Å². The molecule has 0 aromatic heterocycles. The van der Waals surface area contributed by atoms with Crippen LogP contribution in [0.5, 0.6) is 0 Å². The molecule has 1 saturated heterocycles. The first-order chi connectivity index (χ1) is 15.4. The number of carbonyl (C=O) groups excluding carboxylic acids is 3. The summed E-state index contributed by atoms with van der Waals surface area (Å²) in [6, 6.07) is 18.7. The molecule has 3 aromatic rings. The van der Waals surface area contributed by atoms with Crippen molar-refractivity contribution in [2.45, 2.75) is 6.04 Å². The monoisotopic (exact) mass is 493 g/mol. The summed E-state index contributed by atoms with van der Waals surface area (Å²) in [5.41, 5.74) is 0.928. The van der Waals surface area contributed by atoms with Gasteiger partial charge in [0.2, 0.25) is 5.91 Å². The van der Waals surface area contributed by atoms with E-state index in [-0.39, 0.29) is 5.69 Å². The number of nitrogens with zero attached hydrogens (tertiary/aromatic N) is 2. The highest BCUT2D eigenvalue weighted by molar-refractivity contribution is 9.10. The lowest BCUT2D eigenvalue weighted by Crippen LogP contribution is -2.58. The van der Waals surface area contributed by atoms with E-state index in [1.54, 1.807) is 54.6 Å². The fourth-order valence-corrected chi connectivity index (χ4v) is 3.88. The molecule has 0 saturated carbocycles. The van der Waals surface area contributed by atoms with Crippen molar-refractivity contribution in [1.29, 1.82) is 0 Å². The van der Waals surface area contributed by atoms with Crippen LogP contribution in [0.2, 0.25) is 0 Å². The predicted molar refractivity (Wildman–Crippen MR) is 120 cm³/mol. The van der Waals surface area contributed by atoms with Crippen LogP contribution in [0, 0.1) is 16.0 Å². The van der Waals surface area contributed by atoms with Gasteiger partial charge in [0, 0.05) is 22.2 Å². The number of hydrogen-bond acceptors (Lipinski definition) is 5. The number of para-hydroxylation sites is 1. The van der Waals surface area contributed by atoms with Crippen molar-refractivity contribution >= 4 is 45.0 Å². The molecule has 1 heterocycles. The van der Waals surface area contributed by atoms with E-state index >= 15 is 0 Å². The van der Waals surface area contributed by atoms with E-state index in [0.29, 0.717) is 16.8 Å². The molecule has 0 spiro atoms. The molecule has 1 N–H and O–H groups in total. The number of carbonyl (C=O) groups is 3. The van der Waals surface area contributed by atoms with Gasteiger partial charge >= 0.3 is 6.03 Å². The Balaban J connectivity index is 1.78. The molecule has 0 aliphatic carbocycles. The molecule has 0 unspecified atom stereocenters. The fourth-order valence-electron chi connectivity index (χ4n) is 3.62. The zero-order valence-corrected chi connectivity index (χ0v) is 18.1. The number of ketones is 1. The molecule has 8 nitrogen and oxygen atoms in total. The second-order valence-electron chi connectivity index (χ2n) is 7.13. The lowest BCUT2D eigenvalue weighted by Gasteiger charge is -2.37. The lowest BCUT2D eigenvalue weighted by atomic mass is 9.84. The number of amides is 3. The number of halogens is 1. The fraction of sp³-hybridized carbons (Fsp3) is 0.0870. The van der Waals surface area contributed by atoms with E-state index in [9.17, 15) is 24.5 Å². The zero-order chi connectivity index (χ0) is 22.8. The van der Waals surface area contributed by atoms with E-state index in [2.05, 4.69) is 21.2 Å². The molecular formula is C23H16BrN3O5. The number of urea groups is 1. The Bertz CT molecular complexity index is 1200. The maximum atomic E-state index is 13.5. The summed E-state index contributed by atoms with van der Waals surface area (Å²) in [6.45, 7) is 0. The Kier molecular flexibility index (Phi) is 5.83. The van der Waals surface area contributed by atoms with Crippen LogP contribution in [0.3, 0.4) is 0 Å². The first-order valence-corrected chi connectivity index (χ1v) is 10.4. The Morgan fingerprint density at radius 3 is 2.16 bits per heavy atom. The van der Waals surface area contributed by atoms with Crippen LogP contribution in [0.15, 0.2) is 83.3 Å². The van der Waals surface area contributed by atoms with Crippen molar-refractivity contribution < 1.29 is 19.3 Å². The topological polar surface area (TPSA) is 110 Å². The van der Waals surface area contributed by atoms with Crippen LogP contribution in [0.4, 0.5) is 16.2 Å². The minimum Gasteiger partial charge on any atom is -0.329 e. The smallest absolute Gasteiger partial charge is 0.329 e. The van der Waals surface area contributed by atoms with Gasteiger partial charge in [-0.25, -0.2) is 9.69 Å². The number of non-ortho nitro benzene ring substituents is 1. The molecule has 160 valence electrons. The van der Waals surface area contributed by atoms with Crippen LogP contribution in [-0.4, -0.2) is 22.6 Å². The summed E-state index contributed by atoms with van der Waals surface area (Å²) < 4.78 is 0.773. The molecule has 0 bridgehead atoms. The summed E-state index contributed by atoms with van der Waals surface area (Å²) in [5, 5.41) is 13.7. The second kappa shape index (κ2) is 8.72. The standard InChI is InChI=1S/C23H16BrN3O5/c24-16-10-6-15(7-11-16)21(28)19-20(14-8-12-18(13-9-14)27(31)32)25-23(30)26(22(19)29)17-4-2-1-3-5-17/h1-13,19-20H,(H,25,30)/t19-,20-/m1/s1. The van der Waals surface area contributed by atoms with Crippen LogP contribution < -0.4 is 10.2 Å². The molecule has 0 radical (unpaired) electrons. The van der Waals surface area contributed by atoms with E-state index in [0.717, 1.165) is 9.37 Å². The van der Waals surface area contributed by atoms with Gasteiger partial charge in [-0.3, -0.25) is 19.7 Å². The van der Waals surface area contributed by atoms with Gasteiger partial charge in [-0.1, -0.05) is 58.4 Å². The van der Waals surface area contributed by atoms with E-state index in [4.69, 9.17) is 0 Å². The van der Waals surface area contributed by atoms with Crippen molar-refractivity contribution in [2.24, 2.45) is 5.92 Å². The third kappa shape index (κ3) is 4.02. The van der Waals surface area contributed by atoms with Crippen molar-refractivity contribution in [3.63, 3.8) is 0 Å². The molecular weight excluding hydrogens is 478 g/mol. The molecule has 2 atom stereocenters. The number of hydrogen-bond donors (Lipinski definition) is 1. The predicted octanol–water partition coefficient (Wildman–Crippen LogP) is 4.65. The van der Waals surface area contributed by atoms with Gasteiger partial charge in [-0.05, 0) is 29.8 Å². The molecule has 1 aliphatic heterocycles. The third-order valence-corrected chi connectivity index (χ3v) is 5.72. The lowest BCUT2D eigenvalue weighted by molar-refractivity contribution is -0.384. The minimum atomic E-state index is -1.25. The largest absolute Gasteiger partial charge is 0.329 e. The molecule has 3 aromatic carbocycles. The van der Waals surface area contributed by atoms with Gasteiger partial charge in [0.1, 0.15) is 5.92 Å². The normalized spacial score (nSPS) is 18.2. The maximum Gasteiger partial charge on any atom is 0.329 e. The van der Waals surface area contributed by atoms with Gasteiger partial charge < -0.3 is 5.32 Å². The molecule has 9 heteroatoms. The Morgan fingerprint density at radius 1 is 0.938 bits per heavy atom. The number of benzene rings is 3. The minimum absolute atomic E-state index is 0.135. The summed E-state index contributed by atoms with van der Waals surface area (Å²) in [7, 11) is 0. The summed E-state index contributed by atoms with van der Waals surface area (Å²) in [6.07, 6.45) is 0. The van der Waals surface area contributed by atoms with Gasteiger partial charge in [-0.2, -0.15) is 0 Å². The second-order valence-corrected chi connectivity index (χ2v) is 8.05. The molecule has 3 amide bonds. The highest BCUT2D eigenvalue weighted by Gasteiger charge is 2.46. The number of Topliss-reactive ketones (excluding diaryl/α,β-unsaturated/α-hetero) is 1. The number of anilines is 1. The van der Waals surface area contributed by atoms with Crippen molar-refractivity contribution in [1.82, 2.24) is 5.32 Å². The van der Waals surface area contributed by atoms with Crippen LogP contribution in [0.25, 0.3) is 0 Å². The van der Waals surface area contributed by atoms with Gasteiger partial charge in [-0.15, -0.1) is 0 Å². The van der Waals surface area contributed by atoms with Crippen LogP contribution >= 0.6 is 15.9 Å². The quantitative estimate of drug-likeness (QED) is 0.240. The van der Waals surface area contributed by atoms with E-state index < -0.39 is 34.6 Å². The average molecular weight is 494 g/mol. The maximum absolute atomic E-state index is 13.5. The van der Waals surface area contributed by atoms with Crippen molar-refractivity contribution in [3.8, 4) is 0 Å². The summed E-state index contributed by atoms with van der Waals surface area (Å²) in [4.78, 5) is 51.2. The number of nitrogens with one attached hydrogen (secondary N) is 1. The van der Waals surface area contributed by atoms with Gasteiger partial charge in [0.25, 0.3) is 5.69 Å². The summed E-state index contributed by atoms with van der Waals surface area (Å²) in [5.74, 6) is -2.39.